The van der Waals surface area contributed by atoms with Crippen molar-refractivity contribution in [1.82, 2.24) is 19.1 Å². The van der Waals surface area contributed by atoms with Crippen molar-refractivity contribution in [1.29, 1.82) is 0 Å². The number of allylic oxidation sites excluding steroid dienone is 3. The molecule has 0 amide bonds. The molecule has 0 spiro atoms. The van der Waals surface area contributed by atoms with Crippen LogP contribution in [0, 0.1) is 6.92 Å². The van der Waals surface area contributed by atoms with Crippen molar-refractivity contribution in [3.63, 3.8) is 0 Å². The van der Waals surface area contributed by atoms with Crippen molar-refractivity contribution in [2.45, 2.75) is 31.7 Å². The standard InChI is InChI=1S/C61H43N5/c1-38-32-45(37-59(62-38)66-55-23-11-6-18-47(55)48-19-7-12-24-56(48)66)64-57-25-13-9-21-51(57)60-58(64)31-30-50-49-20-8-10-22-54(49)65(61(50)60)46-35-52(43-28-26-39-14-2-4-16-41(39)33-43)63-53(36-46)44-29-27-40-15-3-5-17-42(40)34-44/h2,4-14,16-37,47,55H,3,15H2,1H3. The van der Waals surface area contributed by atoms with Gasteiger partial charge in [0.1, 0.15) is 5.82 Å². The Morgan fingerprint density at radius 1 is 0.545 bits per heavy atom. The first-order valence-electron chi connectivity index (χ1n) is 23.1. The first-order chi connectivity index (χ1) is 32.6. The third kappa shape index (κ3) is 5.59. The predicted octanol–water partition coefficient (Wildman–Crippen LogP) is 15.2. The highest BCUT2D eigenvalue weighted by atomic mass is 15.2. The monoisotopic (exact) mass is 845 g/mol. The summed E-state index contributed by atoms with van der Waals surface area (Å²) >= 11 is 0. The lowest BCUT2D eigenvalue weighted by molar-refractivity contribution is 0.737. The molecule has 312 valence electrons. The van der Waals surface area contributed by atoms with Gasteiger partial charge in [-0.15, -0.1) is 0 Å². The second-order valence-corrected chi connectivity index (χ2v) is 18.1. The number of pyridine rings is 2. The number of hydrogen-bond donors (Lipinski definition) is 0. The van der Waals surface area contributed by atoms with Gasteiger partial charge < -0.3 is 14.0 Å². The minimum absolute atomic E-state index is 0.158. The SMILES string of the molecule is Cc1cc(-n2c3ccccc3c3c2ccc2c4ccccc4n(-c4cc(-c5ccc6c(c5)C=CCC6)nc(-c5ccc6ccccc6c5)c4)c23)cc(N2c3ccccc3C3C=CC=CC32)n1. The fourth-order valence-electron chi connectivity index (χ4n) is 11.4. The number of para-hydroxylation sites is 3. The highest BCUT2D eigenvalue weighted by Crippen LogP contribution is 2.48. The highest BCUT2D eigenvalue weighted by Gasteiger charge is 2.38. The van der Waals surface area contributed by atoms with E-state index in [1.807, 2.05) is 0 Å². The average Bonchev–Trinajstić information content (AvgIpc) is 4.02. The fourth-order valence-corrected chi connectivity index (χ4v) is 11.4. The van der Waals surface area contributed by atoms with Gasteiger partial charge in [-0.25, -0.2) is 9.97 Å². The molecule has 11 aromatic rings. The minimum Gasteiger partial charge on any atom is -0.318 e. The van der Waals surface area contributed by atoms with Crippen LogP contribution in [0.1, 0.15) is 34.7 Å². The van der Waals surface area contributed by atoms with E-state index in [9.17, 15) is 0 Å². The number of benzene rings is 7. The molecule has 66 heavy (non-hydrogen) atoms. The minimum atomic E-state index is 0.158. The summed E-state index contributed by atoms with van der Waals surface area (Å²) in [5.41, 5.74) is 17.1. The van der Waals surface area contributed by atoms with Crippen LogP contribution in [0.25, 0.3) is 94.3 Å². The zero-order valence-electron chi connectivity index (χ0n) is 36.4. The summed E-state index contributed by atoms with van der Waals surface area (Å²) < 4.78 is 4.96. The molecule has 14 rings (SSSR count). The van der Waals surface area contributed by atoms with Crippen molar-refractivity contribution in [3.05, 3.63) is 223 Å². The van der Waals surface area contributed by atoms with Gasteiger partial charge in [-0.05, 0) is 102 Å². The van der Waals surface area contributed by atoms with Crippen LogP contribution < -0.4 is 4.90 Å². The molecule has 0 bridgehead atoms. The molecule has 0 saturated carbocycles. The van der Waals surface area contributed by atoms with E-state index in [1.54, 1.807) is 0 Å². The molecule has 7 aromatic carbocycles. The topological polar surface area (TPSA) is 38.9 Å². The first kappa shape index (κ1) is 37.1. The number of rotatable bonds is 5. The van der Waals surface area contributed by atoms with Crippen molar-refractivity contribution < 1.29 is 0 Å². The van der Waals surface area contributed by atoms with E-state index in [0.717, 1.165) is 74.8 Å². The number of fused-ring (bicyclic) bond motifs is 12. The zero-order valence-corrected chi connectivity index (χ0v) is 36.4. The first-order valence-corrected chi connectivity index (χ1v) is 23.1. The maximum atomic E-state index is 5.48. The molecule has 2 atom stereocenters. The van der Waals surface area contributed by atoms with Crippen LogP contribution in [0.2, 0.25) is 0 Å². The largest absolute Gasteiger partial charge is 0.318 e. The van der Waals surface area contributed by atoms with Crippen LogP contribution in [0.4, 0.5) is 11.5 Å². The molecule has 0 N–H and O–H groups in total. The molecule has 5 heterocycles. The van der Waals surface area contributed by atoms with Crippen molar-refractivity contribution in [3.8, 4) is 33.9 Å². The summed E-state index contributed by atoms with van der Waals surface area (Å²) in [6.45, 7) is 2.13. The third-order valence-electron chi connectivity index (χ3n) is 14.3. The van der Waals surface area contributed by atoms with Crippen molar-refractivity contribution in [2.75, 3.05) is 4.90 Å². The summed E-state index contributed by atoms with van der Waals surface area (Å²) in [4.78, 5) is 13.2. The van der Waals surface area contributed by atoms with E-state index >= 15 is 0 Å². The molecule has 1 aliphatic heterocycles. The summed E-state index contributed by atoms with van der Waals surface area (Å²) in [6, 6.07) is 62.8. The lowest BCUT2D eigenvalue weighted by Crippen LogP contribution is -2.29. The lowest BCUT2D eigenvalue weighted by Gasteiger charge is -2.28. The van der Waals surface area contributed by atoms with E-state index in [2.05, 4.69) is 227 Å². The van der Waals surface area contributed by atoms with Gasteiger partial charge in [-0.3, -0.25) is 0 Å². The Hall–Kier alpha value is -8.28. The maximum Gasteiger partial charge on any atom is 0.135 e. The molecule has 2 aliphatic carbocycles. The summed E-state index contributed by atoms with van der Waals surface area (Å²) in [5, 5.41) is 7.27. The normalized spacial score (nSPS) is 16.2. The smallest absolute Gasteiger partial charge is 0.135 e. The number of aromatic nitrogens is 4. The van der Waals surface area contributed by atoms with E-state index in [-0.39, 0.29) is 12.0 Å². The summed E-state index contributed by atoms with van der Waals surface area (Å²) in [5.74, 6) is 1.23. The van der Waals surface area contributed by atoms with Gasteiger partial charge in [-0.2, -0.15) is 0 Å². The second-order valence-electron chi connectivity index (χ2n) is 18.1. The van der Waals surface area contributed by atoms with Crippen molar-refractivity contribution in [2.24, 2.45) is 0 Å². The molecule has 2 unspecified atom stereocenters. The van der Waals surface area contributed by atoms with E-state index in [0.29, 0.717) is 0 Å². The van der Waals surface area contributed by atoms with Gasteiger partial charge in [0.25, 0.3) is 0 Å². The molecule has 0 saturated heterocycles. The van der Waals surface area contributed by atoms with Crippen molar-refractivity contribution >= 4 is 72.0 Å². The highest BCUT2D eigenvalue weighted by molar-refractivity contribution is 6.26. The summed E-state index contributed by atoms with van der Waals surface area (Å²) in [7, 11) is 0. The zero-order chi connectivity index (χ0) is 43.5. The number of hydrogen-bond acceptors (Lipinski definition) is 3. The van der Waals surface area contributed by atoms with Crippen LogP contribution in [-0.4, -0.2) is 25.1 Å². The Labute approximate surface area is 382 Å². The van der Waals surface area contributed by atoms with Gasteiger partial charge in [0.15, 0.2) is 0 Å². The molecule has 5 nitrogen and oxygen atoms in total. The Kier molecular flexibility index (Phi) is 8.08. The van der Waals surface area contributed by atoms with Gasteiger partial charge in [0.2, 0.25) is 0 Å². The van der Waals surface area contributed by atoms with Crippen LogP contribution in [-0.2, 0) is 6.42 Å². The van der Waals surface area contributed by atoms with Gasteiger partial charge in [0.05, 0.1) is 50.9 Å². The Morgan fingerprint density at radius 2 is 1.27 bits per heavy atom. The molecular formula is C61H43N5. The molecule has 4 aromatic heterocycles. The Morgan fingerprint density at radius 3 is 2.17 bits per heavy atom. The molecule has 5 heteroatoms. The van der Waals surface area contributed by atoms with E-state index in [4.69, 9.17) is 9.97 Å². The Balaban J connectivity index is 1.03. The fraction of sp³-hybridized carbons (Fsp3) is 0.0820. The number of aryl methyl sites for hydroxylation is 2. The predicted molar refractivity (Wildman–Crippen MR) is 275 cm³/mol. The third-order valence-corrected chi connectivity index (χ3v) is 14.3. The van der Waals surface area contributed by atoms with Crippen LogP contribution in [0.3, 0.4) is 0 Å². The van der Waals surface area contributed by atoms with Gasteiger partial charge in [-0.1, -0.05) is 146 Å². The second kappa shape index (κ2) is 14.4. The quantitative estimate of drug-likeness (QED) is 0.173. The molecule has 0 radical (unpaired) electrons. The number of nitrogens with zero attached hydrogens (tertiary/aromatic N) is 5. The molecular weight excluding hydrogens is 803 g/mol. The van der Waals surface area contributed by atoms with Gasteiger partial charge in [0, 0.05) is 56.0 Å². The van der Waals surface area contributed by atoms with E-state index in [1.165, 1.54) is 60.2 Å². The molecule has 3 aliphatic rings. The van der Waals surface area contributed by atoms with Gasteiger partial charge >= 0.3 is 0 Å². The van der Waals surface area contributed by atoms with Crippen LogP contribution >= 0.6 is 0 Å². The Bertz CT molecular complexity index is 3930. The van der Waals surface area contributed by atoms with Crippen LogP contribution in [0.5, 0.6) is 0 Å². The average molecular weight is 846 g/mol. The molecule has 0 fully saturated rings. The van der Waals surface area contributed by atoms with E-state index < -0.39 is 0 Å². The lowest BCUT2D eigenvalue weighted by atomic mass is 9.91. The summed E-state index contributed by atoms with van der Waals surface area (Å²) in [6.07, 6.45) is 15.7. The van der Waals surface area contributed by atoms with Crippen LogP contribution in [0.15, 0.2) is 200 Å². The maximum absolute atomic E-state index is 5.48. The number of anilines is 2.